The molecule has 1 amide bonds. The van der Waals surface area contributed by atoms with E-state index in [0.29, 0.717) is 5.69 Å². The van der Waals surface area contributed by atoms with Crippen LogP contribution in [-0.2, 0) is 26.1 Å². The topological polar surface area (TPSA) is 101 Å². The zero-order chi connectivity index (χ0) is 16.0. The van der Waals surface area contributed by atoms with Crippen LogP contribution < -0.4 is 5.32 Å². The number of rotatable bonds is 8. The summed E-state index contributed by atoms with van der Waals surface area (Å²) < 4.78 is 13.8. The lowest BCUT2D eigenvalue weighted by Crippen LogP contribution is -2.43. The molecule has 1 aromatic rings. The first-order valence-corrected chi connectivity index (χ1v) is 8.21. The maximum atomic E-state index is 12.0. The molecule has 0 fully saturated rings. The van der Waals surface area contributed by atoms with Crippen molar-refractivity contribution in [3.05, 3.63) is 18.0 Å². The number of aromatic nitrogens is 2. The zero-order valence-corrected chi connectivity index (χ0v) is 13.2. The molecule has 2 N–H and O–H groups in total. The van der Waals surface area contributed by atoms with Crippen LogP contribution in [0.1, 0.15) is 38.9 Å². The quantitative estimate of drug-likeness (QED) is 0.735. The van der Waals surface area contributed by atoms with Crippen LogP contribution in [0.15, 0.2) is 12.3 Å². The molecule has 8 heteroatoms. The summed E-state index contributed by atoms with van der Waals surface area (Å²) in [6, 6.07) is 0.899. The third-order valence-electron chi connectivity index (χ3n) is 3.04. The van der Waals surface area contributed by atoms with E-state index in [-0.39, 0.29) is 17.5 Å². The van der Waals surface area contributed by atoms with E-state index in [1.807, 2.05) is 13.1 Å². The van der Waals surface area contributed by atoms with Crippen LogP contribution in [0.3, 0.4) is 0 Å². The van der Waals surface area contributed by atoms with Gasteiger partial charge in [0.25, 0.3) is 0 Å². The SMILES string of the molecule is CCC(C)n1ccc(CS(=O)CC(NC(C)=O)C(=O)O)n1. The van der Waals surface area contributed by atoms with Crippen molar-refractivity contribution in [2.75, 3.05) is 5.75 Å². The Morgan fingerprint density at radius 2 is 2.19 bits per heavy atom. The average molecular weight is 315 g/mol. The zero-order valence-electron chi connectivity index (χ0n) is 12.4. The third-order valence-corrected chi connectivity index (χ3v) is 4.37. The van der Waals surface area contributed by atoms with E-state index in [1.165, 1.54) is 6.92 Å². The van der Waals surface area contributed by atoms with Crippen molar-refractivity contribution in [2.45, 2.75) is 45.0 Å². The van der Waals surface area contributed by atoms with Gasteiger partial charge in [-0.25, -0.2) is 4.79 Å². The monoisotopic (exact) mass is 315 g/mol. The lowest BCUT2D eigenvalue weighted by Gasteiger charge is -2.12. The van der Waals surface area contributed by atoms with E-state index < -0.39 is 28.7 Å². The van der Waals surface area contributed by atoms with Crippen LogP contribution in [0.5, 0.6) is 0 Å². The lowest BCUT2D eigenvalue weighted by molar-refractivity contribution is -0.140. The van der Waals surface area contributed by atoms with Crippen LogP contribution >= 0.6 is 0 Å². The second kappa shape index (κ2) is 7.92. The number of carboxylic acid groups (broad SMARTS) is 1. The molecule has 0 aliphatic rings. The van der Waals surface area contributed by atoms with Crippen LogP contribution in [0.25, 0.3) is 0 Å². The molecule has 0 bridgehead atoms. The molecule has 3 atom stereocenters. The van der Waals surface area contributed by atoms with Gasteiger partial charge in [0.1, 0.15) is 6.04 Å². The van der Waals surface area contributed by atoms with Crippen molar-refractivity contribution in [2.24, 2.45) is 0 Å². The minimum Gasteiger partial charge on any atom is -0.480 e. The number of carbonyl (C=O) groups excluding carboxylic acids is 1. The standard InChI is InChI=1S/C13H21N3O4S/c1-4-9(2)16-6-5-11(15-16)7-21(20)8-12(13(18)19)14-10(3)17/h5-6,9,12H,4,7-8H2,1-3H3,(H,14,17)(H,18,19). The predicted octanol–water partition coefficient (Wildman–Crippen LogP) is 0.692. The number of nitrogens with one attached hydrogen (secondary N) is 1. The van der Waals surface area contributed by atoms with Crippen LogP contribution in [0, 0.1) is 0 Å². The first kappa shape index (κ1) is 17.4. The number of amides is 1. The molecule has 0 saturated heterocycles. The van der Waals surface area contributed by atoms with Gasteiger partial charge >= 0.3 is 5.97 Å². The van der Waals surface area contributed by atoms with Crippen molar-refractivity contribution in [1.82, 2.24) is 15.1 Å². The van der Waals surface area contributed by atoms with Crippen LogP contribution in [0.4, 0.5) is 0 Å². The minimum absolute atomic E-state index is 0.134. The molecule has 21 heavy (non-hydrogen) atoms. The summed E-state index contributed by atoms with van der Waals surface area (Å²) in [5.41, 5.74) is 0.653. The first-order valence-electron chi connectivity index (χ1n) is 6.72. The van der Waals surface area contributed by atoms with Crippen molar-refractivity contribution >= 4 is 22.7 Å². The van der Waals surface area contributed by atoms with Gasteiger partial charge in [0.05, 0.1) is 17.2 Å². The molecule has 1 heterocycles. The summed E-state index contributed by atoms with van der Waals surface area (Å²) in [4.78, 5) is 21.9. The number of hydrogen-bond donors (Lipinski definition) is 2. The van der Waals surface area contributed by atoms with Gasteiger partial charge < -0.3 is 10.4 Å². The second-order valence-electron chi connectivity index (χ2n) is 4.89. The molecule has 0 saturated carbocycles. The number of hydrogen-bond acceptors (Lipinski definition) is 4. The fourth-order valence-electron chi connectivity index (χ4n) is 1.72. The number of nitrogens with zero attached hydrogens (tertiary/aromatic N) is 2. The maximum Gasteiger partial charge on any atom is 0.327 e. The summed E-state index contributed by atoms with van der Waals surface area (Å²) in [5, 5.41) is 15.6. The van der Waals surface area contributed by atoms with E-state index in [0.717, 1.165) is 6.42 Å². The highest BCUT2D eigenvalue weighted by atomic mass is 32.2. The molecule has 0 aliphatic carbocycles. The molecular formula is C13H21N3O4S. The van der Waals surface area contributed by atoms with Crippen LogP contribution in [-0.4, -0.2) is 42.8 Å². The van der Waals surface area contributed by atoms with Gasteiger partial charge in [-0.3, -0.25) is 13.7 Å². The Labute approximate surface area is 126 Å². The summed E-state index contributed by atoms with van der Waals surface area (Å²) in [5.74, 6) is -1.61. The van der Waals surface area contributed by atoms with Crippen molar-refractivity contribution in [3.8, 4) is 0 Å². The highest BCUT2D eigenvalue weighted by molar-refractivity contribution is 7.84. The highest BCUT2D eigenvalue weighted by Gasteiger charge is 2.21. The molecule has 0 aliphatic heterocycles. The summed E-state index contributed by atoms with van der Waals surface area (Å²) >= 11 is 0. The molecular weight excluding hydrogens is 294 g/mol. The van der Waals surface area contributed by atoms with Gasteiger partial charge in [0.15, 0.2) is 0 Å². The second-order valence-corrected chi connectivity index (χ2v) is 6.39. The smallest absolute Gasteiger partial charge is 0.327 e. The fourth-order valence-corrected chi connectivity index (χ4v) is 2.92. The Bertz CT molecular complexity index is 529. The molecule has 1 rings (SSSR count). The lowest BCUT2D eigenvalue weighted by atomic mass is 10.3. The van der Waals surface area contributed by atoms with Crippen LogP contribution in [0.2, 0.25) is 0 Å². The molecule has 0 radical (unpaired) electrons. The number of aliphatic carboxylic acids is 1. The van der Waals surface area contributed by atoms with E-state index in [9.17, 15) is 13.8 Å². The molecule has 0 spiro atoms. The Morgan fingerprint density at radius 3 is 2.71 bits per heavy atom. The molecule has 1 aromatic heterocycles. The molecule has 0 aromatic carbocycles. The third kappa shape index (κ3) is 5.66. The van der Waals surface area contributed by atoms with Gasteiger partial charge in [0.2, 0.25) is 5.91 Å². The largest absolute Gasteiger partial charge is 0.480 e. The van der Waals surface area contributed by atoms with E-state index in [4.69, 9.17) is 5.11 Å². The number of carbonyl (C=O) groups is 2. The van der Waals surface area contributed by atoms with Gasteiger partial charge in [0, 0.05) is 30.0 Å². The normalized spacial score (nSPS) is 15.2. The Balaban J connectivity index is 2.61. The maximum absolute atomic E-state index is 12.0. The van der Waals surface area contributed by atoms with Gasteiger partial charge in [-0.1, -0.05) is 6.92 Å². The Morgan fingerprint density at radius 1 is 1.52 bits per heavy atom. The molecule has 3 unspecified atom stereocenters. The predicted molar refractivity (Wildman–Crippen MR) is 79.2 cm³/mol. The highest BCUT2D eigenvalue weighted by Crippen LogP contribution is 2.10. The van der Waals surface area contributed by atoms with E-state index >= 15 is 0 Å². The Kier molecular flexibility index (Phi) is 6.54. The fraction of sp³-hybridized carbons (Fsp3) is 0.615. The summed E-state index contributed by atoms with van der Waals surface area (Å²) in [6.45, 7) is 5.31. The average Bonchev–Trinajstić information content (AvgIpc) is 2.84. The van der Waals surface area contributed by atoms with E-state index in [1.54, 1.807) is 10.7 Å². The van der Waals surface area contributed by atoms with Crippen molar-refractivity contribution < 1.29 is 18.9 Å². The summed E-state index contributed by atoms with van der Waals surface area (Å²) in [6.07, 6.45) is 2.76. The first-order chi connectivity index (χ1) is 9.83. The van der Waals surface area contributed by atoms with Crippen molar-refractivity contribution in [1.29, 1.82) is 0 Å². The van der Waals surface area contributed by atoms with Gasteiger partial charge in [-0.2, -0.15) is 5.10 Å². The molecule has 118 valence electrons. The Hall–Kier alpha value is -1.70. The van der Waals surface area contributed by atoms with Gasteiger partial charge in [-0.15, -0.1) is 0 Å². The number of carboxylic acids is 1. The van der Waals surface area contributed by atoms with Gasteiger partial charge in [-0.05, 0) is 19.4 Å². The summed E-state index contributed by atoms with van der Waals surface area (Å²) in [7, 11) is -1.41. The van der Waals surface area contributed by atoms with E-state index in [2.05, 4.69) is 17.3 Å². The minimum atomic E-state index is -1.41. The molecule has 7 nitrogen and oxygen atoms in total. The van der Waals surface area contributed by atoms with Crippen molar-refractivity contribution in [3.63, 3.8) is 0 Å².